The van der Waals surface area contributed by atoms with Crippen molar-refractivity contribution < 1.29 is 3.89 Å². The van der Waals surface area contributed by atoms with Gasteiger partial charge in [-0.05, 0) is 99.7 Å². The molecule has 1 aliphatic heterocycles. The van der Waals surface area contributed by atoms with Crippen LogP contribution >= 0.6 is 12.1 Å². The Balaban J connectivity index is 0.000000403. The molecule has 1 aromatic carbocycles. The Morgan fingerprint density at radius 2 is 1.95 bits per heavy atom. The van der Waals surface area contributed by atoms with E-state index in [-0.39, 0.29) is 12.1 Å². The van der Waals surface area contributed by atoms with E-state index in [9.17, 15) is 3.89 Å². The van der Waals surface area contributed by atoms with Gasteiger partial charge in [-0.3, -0.25) is 9.89 Å². The van der Waals surface area contributed by atoms with Crippen LogP contribution in [-0.2, 0) is 6.42 Å². The molecule has 210 valence electrons. The predicted molar refractivity (Wildman–Crippen MR) is 171 cm³/mol. The second-order valence-electron chi connectivity index (χ2n) is 11.1. The third kappa shape index (κ3) is 9.81. The highest BCUT2D eigenvalue weighted by Gasteiger charge is 2.21. The van der Waals surface area contributed by atoms with Crippen LogP contribution in [0.4, 0.5) is 3.89 Å². The molecular formula is C34H46FN3S. The van der Waals surface area contributed by atoms with Gasteiger partial charge in [-0.2, -0.15) is 3.89 Å². The topological polar surface area (TPSA) is 27.6 Å². The number of piperidine rings is 1. The molecule has 0 spiro atoms. The van der Waals surface area contributed by atoms with Crippen LogP contribution in [0.1, 0.15) is 58.1 Å². The van der Waals surface area contributed by atoms with E-state index in [0.717, 1.165) is 43.0 Å². The highest BCUT2D eigenvalue weighted by molar-refractivity contribution is 7.99. The van der Waals surface area contributed by atoms with Crippen molar-refractivity contribution in [3.8, 4) is 0 Å². The first kappa shape index (κ1) is 30.9. The van der Waals surface area contributed by atoms with Gasteiger partial charge in [-0.25, -0.2) is 0 Å². The number of allylic oxidation sites excluding steroid dienone is 9. The molecular weight excluding hydrogens is 501 g/mol. The molecule has 1 fully saturated rings. The highest BCUT2D eigenvalue weighted by Crippen LogP contribution is 2.28. The van der Waals surface area contributed by atoms with Crippen LogP contribution in [0.3, 0.4) is 0 Å². The van der Waals surface area contributed by atoms with Gasteiger partial charge in [0.2, 0.25) is 0 Å². The minimum absolute atomic E-state index is 0.233. The van der Waals surface area contributed by atoms with Gasteiger partial charge in [-0.1, -0.05) is 73.2 Å². The Morgan fingerprint density at radius 1 is 1.21 bits per heavy atom. The maximum absolute atomic E-state index is 11.9. The number of nitrogens with one attached hydrogen (secondary N) is 1. The zero-order valence-corrected chi connectivity index (χ0v) is 25.3. The lowest BCUT2D eigenvalue weighted by Crippen LogP contribution is -2.38. The smallest absolute Gasteiger partial charge is 0.0827 e. The van der Waals surface area contributed by atoms with E-state index in [1.807, 2.05) is 13.8 Å². The molecule has 5 heteroatoms. The van der Waals surface area contributed by atoms with Gasteiger partial charge in [0, 0.05) is 32.0 Å². The van der Waals surface area contributed by atoms with Crippen LogP contribution in [0.5, 0.6) is 0 Å². The molecule has 2 aliphatic carbocycles. The Morgan fingerprint density at radius 3 is 2.56 bits per heavy atom. The largest absolute Gasteiger partial charge is 0.388 e. The summed E-state index contributed by atoms with van der Waals surface area (Å²) in [5.74, 6) is 1.34. The molecule has 1 unspecified atom stereocenters. The summed E-state index contributed by atoms with van der Waals surface area (Å²) in [6.07, 6.45) is 17.6. The first-order chi connectivity index (χ1) is 18.8. The summed E-state index contributed by atoms with van der Waals surface area (Å²) in [7, 11) is 1.62. The Bertz CT molecular complexity index is 1160. The van der Waals surface area contributed by atoms with Crippen molar-refractivity contribution in [2.45, 2.75) is 53.4 Å². The molecule has 0 saturated carbocycles. The van der Waals surface area contributed by atoms with Crippen molar-refractivity contribution in [1.82, 2.24) is 10.2 Å². The molecule has 3 nitrogen and oxygen atoms in total. The van der Waals surface area contributed by atoms with Crippen LogP contribution in [0.2, 0.25) is 0 Å². The molecule has 3 aliphatic rings. The van der Waals surface area contributed by atoms with Crippen molar-refractivity contribution in [2.24, 2.45) is 16.8 Å². The summed E-state index contributed by atoms with van der Waals surface area (Å²) < 4.78 is 11.9. The lowest BCUT2D eigenvalue weighted by molar-refractivity contribution is 0.196. The normalized spacial score (nSPS) is 19.6. The number of hydrogen-bond donors (Lipinski definition) is 1. The maximum atomic E-state index is 11.9. The summed E-state index contributed by atoms with van der Waals surface area (Å²) in [6, 6.07) is 8.81. The van der Waals surface area contributed by atoms with E-state index in [1.54, 1.807) is 12.6 Å². The van der Waals surface area contributed by atoms with Crippen molar-refractivity contribution in [1.29, 1.82) is 0 Å². The molecule has 1 aromatic rings. The summed E-state index contributed by atoms with van der Waals surface area (Å²) in [5, 5.41) is 3.66. The van der Waals surface area contributed by atoms with Gasteiger partial charge in [0.05, 0.1) is 17.1 Å². The van der Waals surface area contributed by atoms with E-state index in [0.29, 0.717) is 10.8 Å². The molecule has 0 aromatic heterocycles. The molecule has 1 saturated heterocycles. The van der Waals surface area contributed by atoms with Crippen LogP contribution in [0.25, 0.3) is 6.08 Å². The predicted octanol–water partition coefficient (Wildman–Crippen LogP) is 8.51. The van der Waals surface area contributed by atoms with E-state index in [4.69, 9.17) is 0 Å². The fraction of sp³-hybridized carbons (Fsp3) is 0.441. The Hall–Kier alpha value is -2.63. The van der Waals surface area contributed by atoms with Crippen molar-refractivity contribution in [3.63, 3.8) is 0 Å². The number of aliphatic imine (C=N–C) groups is 1. The van der Waals surface area contributed by atoms with Crippen LogP contribution < -0.4 is 5.32 Å². The van der Waals surface area contributed by atoms with Gasteiger partial charge in [0.15, 0.2) is 0 Å². The number of hydrogen-bond acceptors (Lipinski definition) is 4. The number of benzene rings is 1. The number of rotatable bonds is 9. The van der Waals surface area contributed by atoms with Crippen LogP contribution in [-0.4, -0.2) is 44.3 Å². The maximum Gasteiger partial charge on any atom is 0.0827 e. The van der Waals surface area contributed by atoms with Crippen LogP contribution in [0.15, 0.2) is 93.0 Å². The third-order valence-electron chi connectivity index (χ3n) is 7.65. The fourth-order valence-corrected chi connectivity index (χ4v) is 5.60. The number of likely N-dealkylation sites (tertiary alicyclic amines) is 1. The standard InChI is InChI=1S/C28H36N2.C6H10FNS/c1-21-8-4-7-11-28(21)22(2)16-23(3)29-19-24-12-14-30(15-13-24)20-25-17-26-9-5-6-10-27(26)18-25;1-5(2)6(9-7)4-8-3/h4-7,9-11,16-17,21,24,29H,2,8,12-15,18-20H2,1,3H3;4H,1-3H3/b23-16+;. The third-order valence-corrected chi connectivity index (χ3v) is 8.33. The van der Waals surface area contributed by atoms with E-state index in [2.05, 4.69) is 90.3 Å². The zero-order chi connectivity index (χ0) is 28.2. The lowest BCUT2D eigenvalue weighted by atomic mass is 9.88. The average Bonchev–Trinajstić information content (AvgIpc) is 3.34. The van der Waals surface area contributed by atoms with Gasteiger partial charge >= 0.3 is 0 Å². The summed E-state index contributed by atoms with van der Waals surface area (Å²) in [5.41, 5.74) is 9.20. The molecule has 0 radical (unpaired) electrons. The molecule has 39 heavy (non-hydrogen) atoms. The van der Waals surface area contributed by atoms with Gasteiger partial charge in [-0.15, -0.1) is 0 Å². The highest BCUT2D eigenvalue weighted by atomic mass is 32.2. The van der Waals surface area contributed by atoms with Gasteiger partial charge in [0.25, 0.3) is 0 Å². The monoisotopic (exact) mass is 547 g/mol. The SMILES string of the molecule is C=C(/C=C(\C)NCC1CCN(CC2=Cc3ccccc3C2)CC1)C1=CC=CCC1C.CN=CC(SF)=C(C)C. The number of nitrogens with zero attached hydrogens (tertiary/aromatic N) is 2. The minimum Gasteiger partial charge on any atom is -0.388 e. The fourth-order valence-electron chi connectivity index (χ4n) is 5.30. The molecule has 1 heterocycles. The summed E-state index contributed by atoms with van der Waals surface area (Å²) in [6.45, 7) is 17.1. The van der Waals surface area contributed by atoms with Gasteiger partial charge in [0.1, 0.15) is 0 Å². The van der Waals surface area contributed by atoms with E-state index < -0.39 is 0 Å². The second-order valence-corrected chi connectivity index (χ2v) is 11.7. The van der Waals surface area contributed by atoms with E-state index >= 15 is 0 Å². The zero-order valence-electron chi connectivity index (χ0n) is 24.5. The first-order valence-electron chi connectivity index (χ1n) is 14.2. The van der Waals surface area contributed by atoms with Crippen molar-refractivity contribution >= 4 is 24.4 Å². The average molecular weight is 548 g/mol. The second kappa shape index (κ2) is 15.8. The first-order valence-corrected chi connectivity index (χ1v) is 14.9. The lowest BCUT2D eigenvalue weighted by Gasteiger charge is -2.32. The van der Waals surface area contributed by atoms with Gasteiger partial charge < -0.3 is 5.32 Å². The van der Waals surface area contributed by atoms with E-state index in [1.165, 1.54) is 54.5 Å². The molecule has 1 N–H and O–H groups in total. The molecule has 0 amide bonds. The molecule has 0 bridgehead atoms. The summed E-state index contributed by atoms with van der Waals surface area (Å²) in [4.78, 5) is 6.92. The van der Waals surface area contributed by atoms with Crippen molar-refractivity contribution in [2.75, 3.05) is 33.2 Å². The Kier molecular flexibility index (Phi) is 12.5. The van der Waals surface area contributed by atoms with Crippen LogP contribution in [0, 0.1) is 11.8 Å². The molecule has 4 rings (SSSR count). The number of fused-ring (bicyclic) bond motifs is 1. The minimum atomic E-state index is 0.233. The van der Waals surface area contributed by atoms with Crippen molar-refractivity contribution in [3.05, 3.63) is 99.2 Å². The number of halogens is 1. The molecule has 1 atom stereocenters. The summed E-state index contributed by atoms with van der Waals surface area (Å²) >= 11 is 0.233. The quantitative estimate of drug-likeness (QED) is 0.248. The Labute approximate surface area is 240 Å².